The van der Waals surface area contributed by atoms with Crippen molar-refractivity contribution in [2.45, 2.75) is 13.8 Å². The van der Waals surface area contributed by atoms with Crippen molar-refractivity contribution in [2.24, 2.45) is 0 Å². The van der Waals surface area contributed by atoms with Gasteiger partial charge in [-0.25, -0.2) is 0 Å². The summed E-state index contributed by atoms with van der Waals surface area (Å²) in [4.78, 5) is 40.5. The molecular formula is C29H21N3O5S. The summed E-state index contributed by atoms with van der Waals surface area (Å²) in [6.07, 6.45) is 1.39. The van der Waals surface area contributed by atoms with Gasteiger partial charge in [-0.2, -0.15) is 0 Å². The van der Waals surface area contributed by atoms with Crippen LogP contribution in [0.5, 0.6) is 0 Å². The first-order valence-electron chi connectivity index (χ1n) is 11.7. The van der Waals surface area contributed by atoms with Gasteiger partial charge < -0.3 is 4.42 Å². The maximum atomic E-state index is 13.7. The second-order valence-corrected chi connectivity index (χ2v) is 9.10. The largest absolute Gasteiger partial charge is 0.457 e. The second kappa shape index (κ2) is 9.87. The van der Waals surface area contributed by atoms with E-state index in [0.29, 0.717) is 22.7 Å². The first-order chi connectivity index (χ1) is 18.2. The van der Waals surface area contributed by atoms with Gasteiger partial charge in [0.05, 0.1) is 16.3 Å². The quantitative estimate of drug-likeness (QED) is 0.101. The molecule has 5 rings (SSSR count). The van der Waals surface area contributed by atoms with E-state index in [-0.39, 0.29) is 22.1 Å². The van der Waals surface area contributed by atoms with E-state index in [1.54, 1.807) is 54.6 Å². The summed E-state index contributed by atoms with van der Waals surface area (Å²) in [5.74, 6) is -0.428. The van der Waals surface area contributed by atoms with E-state index in [0.717, 1.165) is 11.1 Å². The topological polar surface area (TPSA) is 96.9 Å². The predicted molar refractivity (Wildman–Crippen MR) is 149 cm³/mol. The lowest BCUT2D eigenvalue weighted by Crippen LogP contribution is -2.57. The Bertz CT molecular complexity index is 1620. The minimum Gasteiger partial charge on any atom is -0.457 e. The zero-order chi connectivity index (χ0) is 27.0. The Balaban J connectivity index is 1.57. The van der Waals surface area contributed by atoms with Crippen molar-refractivity contribution in [3.63, 3.8) is 0 Å². The van der Waals surface area contributed by atoms with Crippen LogP contribution < -0.4 is 9.80 Å². The normalized spacial score (nSPS) is 14.9. The minimum absolute atomic E-state index is 0.0375. The van der Waals surface area contributed by atoms with Crippen LogP contribution in [0.4, 0.5) is 17.1 Å². The number of rotatable bonds is 5. The molecule has 0 atom stereocenters. The van der Waals surface area contributed by atoms with Gasteiger partial charge in [-0.3, -0.25) is 29.5 Å². The number of benzene rings is 3. The molecule has 8 nitrogen and oxygen atoms in total. The van der Waals surface area contributed by atoms with Crippen molar-refractivity contribution >= 4 is 52.3 Å². The van der Waals surface area contributed by atoms with Crippen LogP contribution in [0.25, 0.3) is 17.4 Å². The number of hydrogen-bond donors (Lipinski definition) is 0. The van der Waals surface area contributed by atoms with Crippen LogP contribution in [-0.4, -0.2) is 21.9 Å². The molecule has 9 heteroatoms. The van der Waals surface area contributed by atoms with Gasteiger partial charge in [-0.1, -0.05) is 24.3 Å². The Morgan fingerprint density at radius 2 is 1.47 bits per heavy atom. The highest BCUT2D eigenvalue weighted by Crippen LogP contribution is 2.32. The molecular weight excluding hydrogens is 502 g/mol. The van der Waals surface area contributed by atoms with Crippen molar-refractivity contribution in [3.8, 4) is 11.3 Å². The molecule has 1 aliphatic rings. The number of carbonyl (C=O) groups excluding carboxylic acids is 2. The summed E-state index contributed by atoms with van der Waals surface area (Å²) in [5.41, 5.74) is 3.57. The van der Waals surface area contributed by atoms with Crippen LogP contribution in [0.2, 0.25) is 0 Å². The van der Waals surface area contributed by atoms with Crippen molar-refractivity contribution in [2.75, 3.05) is 9.80 Å². The van der Waals surface area contributed by atoms with Crippen molar-refractivity contribution in [1.82, 2.24) is 0 Å². The van der Waals surface area contributed by atoms with Crippen molar-refractivity contribution in [3.05, 3.63) is 118 Å². The Kier molecular flexibility index (Phi) is 6.44. The van der Waals surface area contributed by atoms with Gasteiger partial charge in [0.15, 0.2) is 5.11 Å². The summed E-state index contributed by atoms with van der Waals surface area (Å²) in [7, 11) is 0. The molecule has 0 aliphatic carbocycles. The maximum Gasteiger partial charge on any atom is 0.270 e. The number of carbonyl (C=O) groups is 2. The highest BCUT2D eigenvalue weighted by Gasteiger charge is 2.41. The molecule has 3 aromatic carbocycles. The van der Waals surface area contributed by atoms with Crippen LogP contribution in [0, 0.1) is 24.0 Å². The first kappa shape index (κ1) is 24.8. The number of para-hydroxylation sites is 1. The Morgan fingerprint density at radius 3 is 2.11 bits per heavy atom. The van der Waals surface area contributed by atoms with Gasteiger partial charge in [-0.15, -0.1) is 0 Å². The van der Waals surface area contributed by atoms with Crippen molar-refractivity contribution < 1.29 is 18.9 Å². The number of aryl methyl sites for hydroxylation is 2. The van der Waals surface area contributed by atoms with Gasteiger partial charge >= 0.3 is 0 Å². The van der Waals surface area contributed by atoms with E-state index in [4.69, 9.17) is 16.6 Å². The van der Waals surface area contributed by atoms with E-state index in [9.17, 15) is 19.7 Å². The van der Waals surface area contributed by atoms with Crippen LogP contribution >= 0.6 is 12.2 Å². The molecule has 0 N–H and O–H groups in total. The highest BCUT2D eigenvalue weighted by atomic mass is 32.1. The Morgan fingerprint density at radius 1 is 0.816 bits per heavy atom. The lowest BCUT2D eigenvalue weighted by molar-refractivity contribution is -0.384. The summed E-state index contributed by atoms with van der Waals surface area (Å²) >= 11 is 5.67. The fourth-order valence-corrected chi connectivity index (χ4v) is 4.48. The van der Waals surface area contributed by atoms with Crippen LogP contribution in [-0.2, 0) is 9.59 Å². The molecule has 0 spiro atoms. The molecule has 0 saturated carbocycles. The first-order valence-corrected chi connectivity index (χ1v) is 12.1. The second-order valence-electron chi connectivity index (χ2n) is 8.73. The molecule has 2 heterocycles. The molecule has 1 aromatic heterocycles. The molecule has 1 saturated heterocycles. The van der Waals surface area contributed by atoms with E-state index >= 15 is 0 Å². The van der Waals surface area contributed by atoms with Crippen LogP contribution in [0.1, 0.15) is 16.9 Å². The fourth-order valence-electron chi connectivity index (χ4n) is 4.10. The number of amides is 2. The number of nitrogens with zero attached hydrogens (tertiary/aromatic N) is 3. The number of non-ortho nitro benzene ring substituents is 1. The lowest BCUT2D eigenvalue weighted by atomic mass is 10.1. The number of thiocarbonyl (C=S) groups is 1. The smallest absolute Gasteiger partial charge is 0.270 e. The number of hydrogen-bond acceptors (Lipinski definition) is 6. The van der Waals surface area contributed by atoms with Crippen LogP contribution in [0.3, 0.4) is 0 Å². The summed E-state index contributed by atoms with van der Waals surface area (Å²) in [6.45, 7) is 3.91. The molecule has 4 aromatic rings. The van der Waals surface area contributed by atoms with Gasteiger partial charge in [0.2, 0.25) is 0 Å². The fraction of sp³-hybridized carbons (Fsp3) is 0.0690. The van der Waals surface area contributed by atoms with Gasteiger partial charge in [-0.05, 0) is 91.8 Å². The van der Waals surface area contributed by atoms with Gasteiger partial charge in [0.1, 0.15) is 17.1 Å². The Hall–Kier alpha value is -4.89. The van der Waals surface area contributed by atoms with E-state index in [2.05, 4.69) is 0 Å². The number of furan rings is 1. The van der Waals surface area contributed by atoms with E-state index in [1.165, 1.54) is 28.0 Å². The van der Waals surface area contributed by atoms with Gasteiger partial charge in [0, 0.05) is 17.7 Å². The molecule has 38 heavy (non-hydrogen) atoms. The van der Waals surface area contributed by atoms with E-state index in [1.807, 2.05) is 32.0 Å². The Labute approximate surface area is 223 Å². The van der Waals surface area contributed by atoms with E-state index < -0.39 is 16.7 Å². The van der Waals surface area contributed by atoms with Crippen LogP contribution in [0.15, 0.2) is 94.9 Å². The summed E-state index contributed by atoms with van der Waals surface area (Å²) < 4.78 is 5.89. The zero-order valence-corrected chi connectivity index (χ0v) is 21.3. The van der Waals surface area contributed by atoms with Gasteiger partial charge in [0.25, 0.3) is 17.5 Å². The molecule has 2 amide bonds. The summed E-state index contributed by atoms with van der Waals surface area (Å²) in [6, 6.07) is 23.6. The third-order valence-corrected chi connectivity index (χ3v) is 6.65. The number of nitro groups is 1. The number of anilines is 2. The van der Waals surface area contributed by atoms with Crippen molar-refractivity contribution in [1.29, 1.82) is 0 Å². The molecule has 0 unspecified atom stereocenters. The molecule has 0 bridgehead atoms. The SMILES string of the molecule is Cc1ccc(N2C(=O)/C(=C/c3ccc(-c4ccc([N+](=O)[O-])cc4)o3)C(=O)N(c3ccccc3)C2=S)cc1C. The molecule has 188 valence electrons. The molecule has 0 radical (unpaired) electrons. The number of nitro benzene ring substituents is 1. The third-order valence-electron chi connectivity index (χ3n) is 6.29. The standard InChI is InChI=1S/C29H21N3O5S/c1-18-8-11-23(16-19(18)2)31-28(34)25(27(33)30(29(31)38)21-6-4-3-5-7-21)17-24-14-15-26(37-24)20-9-12-22(13-10-20)32(35)36/h3-17H,1-2H3/b25-17+. The third kappa shape index (κ3) is 4.51. The lowest BCUT2D eigenvalue weighted by Gasteiger charge is -2.36. The zero-order valence-electron chi connectivity index (χ0n) is 20.5. The summed E-state index contributed by atoms with van der Waals surface area (Å²) in [5, 5.41) is 11.0. The highest BCUT2D eigenvalue weighted by molar-refractivity contribution is 7.81. The predicted octanol–water partition coefficient (Wildman–Crippen LogP) is 6.22. The maximum absolute atomic E-state index is 13.7. The minimum atomic E-state index is -0.570. The molecule has 1 aliphatic heterocycles. The molecule has 1 fully saturated rings. The average molecular weight is 524 g/mol. The average Bonchev–Trinajstić information content (AvgIpc) is 3.38. The monoisotopic (exact) mass is 523 g/mol.